The summed E-state index contributed by atoms with van der Waals surface area (Å²) < 4.78 is 0.633. The fourth-order valence-electron chi connectivity index (χ4n) is 2.48. The fourth-order valence-corrected chi connectivity index (χ4v) is 5.01. The number of aliphatic carboxylic acids is 1. The van der Waals surface area contributed by atoms with Crippen molar-refractivity contribution < 1.29 is 14.7 Å². The Balaban J connectivity index is 1.80. The van der Waals surface area contributed by atoms with Crippen LogP contribution in [0.4, 0.5) is 0 Å². The quantitative estimate of drug-likeness (QED) is 0.482. The molecule has 1 aliphatic heterocycles. The molecule has 0 aromatic heterocycles. The molecule has 2 fully saturated rings. The molecule has 3 nitrogen and oxygen atoms in total. The summed E-state index contributed by atoms with van der Waals surface area (Å²) in [5, 5.41) is 11.3. The van der Waals surface area contributed by atoms with E-state index < -0.39 is 5.97 Å². The van der Waals surface area contributed by atoms with Gasteiger partial charge in [0.1, 0.15) is 0 Å². The number of hydrogen-bond donors (Lipinski definition) is 0. The lowest BCUT2D eigenvalue weighted by Gasteiger charge is -2.10. The Morgan fingerprint density at radius 2 is 1.75 bits per heavy atom. The molecule has 0 amide bonds. The van der Waals surface area contributed by atoms with Crippen LogP contribution in [-0.4, -0.2) is 23.3 Å². The lowest BCUT2D eigenvalue weighted by molar-refractivity contribution is -0.298. The van der Waals surface area contributed by atoms with Gasteiger partial charge in [0.2, 0.25) is 0 Å². The van der Waals surface area contributed by atoms with Crippen LogP contribution >= 0.6 is 23.5 Å². The van der Waals surface area contributed by atoms with Crippen LogP contribution in [0.1, 0.15) is 17.9 Å². The van der Waals surface area contributed by atoms with E-state index in [1.807, 2.05) is 30.3 Å². The molecule has 3 rings (SSSR count). The summed E-state index contributed by atoms with van der Waals surface area (Å²) in [4.78, 5) is 23.7. The number of Topliss-reactive ketones (excluding diaryl/α,β-unsaturated/α-hetero) is 1. The summed E-state index contributed by atoms with van der Waals surface area (Å²) in [7, 11) is 0. The lowest BCUT2D eigenvalue weighted by atomic mass is 10.0. The first-order valence-electron chi connectivity index (χ1n) is 6.49. The Kier molecular flexibility index (Phi) is 3.89. The molecule has 1 aromatic carbocycles. The van der Waals surface area contributed by atoms with Crippen molar-refractivity contribution in [2.45, 2.75) is 12.3 Å². The molecule has 0 unspecified atom stereocenters. The predicted molar refractivity (Wildman–Crippen MR) is 79.2 cm³/mol. The molecule has 5 heteroatoms. The average molecular weight is 305 g/mol. The molecule has 0 spiro atoms. The van der Waals surface area contributed by atoms with Gasteiger partial charge in [-0.3, -0.25) is 4.79 Å². The normalized spacial score (nSPS) is 24.5. The van der Waals surface area contributed by atoms with Crippen molar-refractivity contribution in [1.29, 1.82) is 0 Å². The maximum absolute atomic E-state index is 12.4. The standard InChI is InChI=1S/C15H14O3S2/c16-13(12(14(17)18)15-19-6-7-20-15)11-8-10(11)9-4-2-1-3-5-9/h1-5,10-11H,6-8H2,(H,17,18)/p-1/t10-,11+/m1/s1. The maximum Gasteiger partial charge on any atom is 0.170 e. The average Bonchev–Trinajstić information content (AvgIpc) is 3.09. The van der Waals surface area contributed by atoms with Gasteiger partial charge in [0.05, 0.1) is 15.8 Å². The van der Waals surface area contributed by atoms with Gasteiger partial charge in [-0.1, -0.05) is 30.3 Å². The van der Waals surface area contributed by atoms with E-state index in [1.165, 1.54) is 23.5 Å². The number of thioether (sulfide) groups is 2. The molecule has 0 N–H and O–H groups in total. The Bertz CT molecular complexity index is 572. The number of rotatable bonds is 4. The molecule has 20 heavy (non-hydrogen) atoms. The minimum Gasteiger partial charge on any atom is -0.545 e. The van der Waals surface area contributed by atoms with E-state index in [2.05, 4.69) is 0 Å². The SMILES string of the molecule is O=C([O-])C(C(=O)[C@H]1C[C@@H]1c1ccccc1)=C1SCCS1. The summed E-state index contributed by atoms with van der Waals surface area (Å²) in [6, 6.07) is 9.79. The first kappa shape index (κ1) is 13.8. The summed E-state index contributed by atoms with van der Waals surface area (Å²) in [6.45, 7) is 0. The molecule has 1 aromatic rings. The Labute approximate surface area is 125 Å². The molecule has 1 saturated carbocycles. The second-order valence-electron chi connectivity index (χ2n) is 4.87. The van der Waals surface area contributed by atoms with Crippen molar-refractivity contribution in [2.24, 2.45) is 5.92 Å². The van der Waals surface area contributed by atoms with Gasteiger partial charge in [0.15, 0.2) is 5.78 Å². The number of hydrogen-bond acceptors (Lipinski definition) is 5. The third kappa shape index (κ3) is 2.65. The second-order valence-corrected chi connectivity index (χ2v) is 7.34. The highest BCUT2D eigenvalue weighted by Crippen LogP contribution is 2.50. The molecule has 1 saturated heterocycles. The highest BCUT2D eigenvalue weighted by Gasteiger charge is 2.45. The summed E-state index contributed by atoms with van der Waals surface area (Å²) in [5.41, 5.74) is 1.02. The number of carboxylic acid groups (broad SMARTS) is 1. The number of benzene rings is 1. The van der Waals surface area contributed by atoms with E-state index in [9.17, 15) is 14.7 Å². The van der Waals surface area contributed by atoms with Gasteiger partial charge < -0.3 is 9.90 Å². The Morgan fingerprint density at radius 1 is 1.10 bits per heavy atom. The van der Waals surface area contributed by atoms with Gasteiger partial charge in [-0.25, -0.2) is 0 Å². The van der Waals surface area contributed by atoms with Crippen LogP contribution in [0.25, 0.3) is 0 Å². The topological polar surface area (TPSA) is 57.2 Å². The summed E-state index contributed by atoms with van der Waals surface area (Å²) >= 11 is 2.90. The van der Waals surface area contributed by atoms with Gasteiger partial charge in [-0.2, -0.15) is 0 Å². The highest BCUT2D eigenvalue weighted by molar-refractivity contribution is 8.25. The maximum atomic E-state index is 12.4. The Hall–Kier alpha value is -1.20. The third-order valence-corrected chi connectivity index (χ3v) is 6.27. The molecule has 1 aliphatic carbocycles. The van der Waals surface area contributed by atoms with E-state index in [0.717, 1.165) is 23.5 Å². The molecular weight excluding hydrogens is 292 g/mol. The highest BCUT2D eigenvalue weighted by atomic mass is 32.2. The van der Waals surface area contributed by atoms with Gasteiger partial charge >= 0.3 is 0 Å². The van der Waals surface area contributed by atoms with Crippen LogP contribution < -0.4 is 5.11 Å². The molecule has 0 radical (unpaired) electrons. The minimum atomic E-state index is -1.33. The molecule has 1 heterocycles. The number of carbonyl (C=O) groups excluding carboxylic acids is 2. The molecular formula is C15H13O3S2-. The van der Waals surface area contributed by atoms with Crippen LogP contribution in [0.5, 0.6) is 0 Å². The van der Waals surface area contributed by atoms with Gasteiger partial charge in [0.25, 0.3) is 0 Å². The van der Waals surface area contributed by atoms with Gasteiger partial charge in [-0.15, -0.1) is 23.5 Å². The van der Waals surface area contributed by atoms with Crippen LogP contribution in [0.15, 0.2) is 40.1 Å². The van der Waals surface area contributed by atoms with Crippen LogP contribution in [0, 0.1) is 5.92 Å². The molecule has 0 bridgehead atoms. The molecule has 104 valence electrons. The van der Waals surface area contributed by atoms with Crippen LogP contribution in [0.2, 0.25) is 0 Å². The van der Waals surface area contributed by atoms with E-state index in [4.69, 9.17) is 0 Å². The van der Waals surface area contributed by atoms with Crippen molar-refractivity contribution in [2.75, 3.05) is 11.5 Å². The zero-order valence-electron chi connectivity index (χ0n) is 10.7. The van der Waals surface area contributed by atoms with Gasteiger partial charge in [0, 0.05) is 17.4 Å². The third-order valence-electron chi connectivity index (χ3n) is 3.56. The molecule has 2 atom stereocenters. The van der Waals surface area contributed by atoms with Gasteiger partial charge in [-0.05, 0) is 17.9 Å². The summed E-state index contributed by atoms with van der Waals surface area (Å²) in [6.07, 6.45) is 0.738. The van der Waals surface area contributed by atoms with Crippen LogP contribution in [0.3, 0.4) is 0 Å². The predicted octanol–water partition coefficient (Wildman–Crippen LogP) is 1.80. The fraction of sp³-hybridized carbons (Fsp3) is 0.333. The first-order chi connectivity index (χ1) is 9.68. The van der Waals surface area contributed by atoms with E-state index >= 15 is 0 Å². The summed E-state index contributed by atoms with van der Waals surface area (Å²) in [5.74, 6) is 0.101. The van der Waals surface area contributed by atoms with E-state index in [1.54, 1.807) is 0 Å². The lowest BCUT2D eigenvalue weighted by Crippen LogP contribution is -2.30. The number of carbonyl (C=O) groups is 2. The zero-order chi connectivity index (χ0) is 14.1. The second kappa shape index (κ2) is 5.66. The zero-order valence-corrected chi connectivity index (χ0v) is 12.3. The van der Waals surface area contributed by atoms with Crippen molar-refractivity contribution in [3.8, 4) is 0 Å². The number of ketones is 1. The van der Waals surface area contributed by atoms with Crippen LogP contribution in [-0.2, 0) is 9.59 Å². The van der Waals surface area contributed by atoms with Crippen molar-refractivity contribution in [3.05, 3.63) is 45.7 Å². The van der Waals surface area contributed by atoms with Crippen molar-refractivity contribution >= 4 is 35.3 Å². The Morgan fingerprint density at radius 3 is 2.35 bits per heavy atom. The smallest absolute Gasteiger partial charge is 0.170 e. The van der Waals surface area contributed by atoms with E-state index in [-0.39, 0.29) is 23.2 Å². The van der Waals surface area contributed by atoms with Crippen molar-refractivity contribution in [1.82, 2.24) is 0 Å². The largest absolute Gasteiger partial charge is 0.545 e. The minimum absolute atomic E-state index is 0.0964. The number of carboxylic acids is 1. The van der Waals surface area contributed by atoms with E-state index in [0.29, 0.717) is 4.24 Å². The molecule has 2 aliphatic rings. The monoisotopic (exact) mass is 305 g/mol. The first-order valence-corrected chi connectivity index (χ1v) is 8.46. The van der Waals surface area contributed by atoms with Crippen molar-refractivity contribution in [3.63, 3.8) is 0 Å².